The van der Waals surface area contributed by atoms with Gasteiger partial charge in [0, 0.05) is 44.4 Å². The summed E-state index contributed by atoms with van der Waals surface area (Å²) in [5, 5.41) is 4.25. The largest absolute Gasteiger partial charge is 0.456 e. The highest BCUT2D eigenvalue weighted by Gasteiger charge is 2.21. The van der Waals surface area contributed by atoms with Crippen molar-refractivity contribution in [2.75, 3.05) is 0 Å². The van der Waals surface area contributed by atoms with Crippen molar-refractivity contribution in [1.82, 2.24) is 15.0 Å². The molecule has 0 N–H and O–H groups in total. The van der Waals surface area contributed by atoms with E-state index in [-0.39, 0.29) is 0 Å². The van der Waals surface area contributed by atoms with Crippen LogP contribution in [0.15, 0.2) is 173 Å². The van der Waals surface area contributed by atoms with Gasteiger partial charge in [-0.2, -0.15) is 0 Å². The summed E-state index contributed by atoms with van der Waals surface area (Å²) in [6.07, 6.45) is 1.82. The van der Waals surface area contributed by atoms with Crippen LogP contribution >= 0.6 is 0 Å². The Morgan fingerprint density at radius 1 is 0.380 bits per heavy atom. The number of fused-ring (bicyclic) bond motifs is 6. The van der Waals surface area contributed by atoms with Crippen LogP contribution < -0.4 is 0 Å². The molecule has 10 rings (SSSR count). The van der Waals surface area contributed by atoms with E-state index in [9.17, 15) is 0 Å². The summed E-state index contributed by atoms with van der Waals surface area (Å²) in [4.78, 5) is 15.0. The van der Waals surface area contributed by atoms with Crippen molar-refractivity contribution in [3.63, 3.8) is 0 Å². The monoisotopic (exact) mass is 641 g/mol. The second kappa shape index (κ2) is 11.4. The summed E-state index contributed by atoms with van der Waals surface area (Å²) in [7, 11) is 0. The molecule has 0 amide bonds. The maximum atomic E-state index is 6.70. The van der Waals surface area contributed by atoms with Gasteiger partial charge in [0.05, 0.1) is 22.6 Å². The molecule has 0 aliphatic carbocycles. The molecule has 5 nitrogen and oxygen atoms in total. The first kappa shape index (κ1) is 28.2. The van der Waals surface area contributed by atoms with E-state index in [0.717, 1.165) is 94.3 Å². The topological polar surface area (TPSA) is 65.0 Å². The molecular weight excluding hydrogens is 615 g/mol. The number of pyridine rings is 1. The van der Waals surface area contributed by atoms with E-state index in [0.29, 0.717) is 5.82 Å². The van der Waals surface area contributed by atoms with Gasteiger partial charge < -0.3 is 8.83 Å². The minimum atomic E-state index is 0.594. The first-order valence-corrected chi connectivity index (χ1v) is 16.6. The van der Waals surface area contributed by atoms with E-state index < -0.39 is 0 Å². The first-order chi connectivity index (χ1) is 24.8. The number of aromatic nitrogens is 3. The van der Waals surface area contributed by atoms with Crippen molar-refractivity contribution in [3.8, 4) is 56.3 Å². The smallest absolute Gasteiger partial charge is 0.164 e. The number of hydrogen-bond acceptors (Lipinski definition) is 5. The zero-order chi connectivity index (χ0) is 33.0. The van der Waals surface area contributed by atoms with Crippen molar-refractivity contribution >= 4 is 43.9 Å². The Labute approximate surface area is 287 Å². The molecule has 0 aliphatic heterocycles. The van der Waals surface area contributed by atoms with Gasteiger partial charge in [-0.15, -0.1) is 0 Å². The van der Waals surface area contributed by atoms with Gasteiger partial charge in [0.25, 0.3) is 0 Å². The molecule has 0 saturated carbocycles. The lowest BCUT2D eigenvalue weighted by molar-refractivity contribution is 0.669. The minimum Gasteiger partial charge on any atom is -0.456 e. The van der Waals surface area contributed by atoms with Crippen molar-refractivity contribution in [2.45, 2.75) is 0 Å². The Morgan fingerprint density at radius 2 is 1.04 bits per heavy atom. The number of rotatable bonds is 5. The van der Waals surface area contributed by atoms with Crippen molar-refractivity contribution in [1.29, 1.82) is 0 Å². The van der Waals surface area contributed by atoms with Gasteiger partial charge in [-0.3, -0.25) is 4.98 Å². The normalized spacial score (nSPS) is 11.6. The third kappa shape index (κ3) is 4.67. The second-order valence-corrected chi connectivity index (χ2v) is 12.4. The molecule has 234 valence electrons. The fourth-order valence-electron chi connectivity index (χ4n) is 6.98. The average molecular weight is 642 g/mol. The molecule has 0 aliphatic rings. The third-order valence-electron chi connectivity index (χ3n) is 9.37. The fourth-order valence-corrected chi connectivity index (χ4v) is 6.98. The Hall–Kier alpha value is -6.85. The molecule has 4 aromatic heterocycles. The van der Waals surface area contributed by atoms with E-state index in [2.05, 4.69) is 96.0 Å². The van der Waals surface area contributed by atoms with E-state index >= 15 is 0 Å². The Balaban J connectivity index is 1.20. The van der Waals surface area contributed by atoms with Crippen LogP contribution in [0.1, 0.15) is 0 Å². The van der Waals surface area contributed by atoms with E-state index in [4.69, 9.17) is 18.8 Å². The Morgan fingerprint density at radius 3 is 1.86 bits per heavy atom. The lowest BCUT2D eigenvalue weighted by atomic mass is 9.95. The van der Waals surface area contributed by atoms with Crippen molar-refractivity contribution in [3.05, 3.63) is 164 Å². The summed E-state index contributed by atoms with van der Waals surface area (Å²) in [6, 6.07) is 53.6. The number of para-hydroxylation sites is 2. The molecule has 50 heavy (non-hydrogen) atoms. The zero-order valence-corrected chi connectivity index (χ0v) is 26.7. The second-order valence-electron chi connectivity index (χ2n) is 12.4. The van der Waals surface area contributed by atoms with Gasteiger partial charge in [0.15, 0.2) is 5.82 Å². The number of nitrogens with zero attached hydrogens (tertiary/aromatic N) is 3. The van der Waals surface area contributed by atoms with Crippen LogP contribution in [0.2, 0.25) is 0 Å². The Bertz CT molecular complexity index is 2870. The van der Waals surface area contributed by atoms with E-state index in [1.165, 1.54) is 0 Å². The minimum absolute atomic E-state index is 0.594. The standard InChI is InChI=1S/C45H27N3O2/c1-2-11-28(12-3-1)38-27-39(31-14-10-13-30(25-31)37-17-8-9-24-46-37)48-45(47-38)35-22-21-32(43-34-16-5-7-19-41(34)50-44(35)43)29-20-23-42-36(26-29)33-15-4-6-18-40(33)49-42/h1-27H. The van der Waals surface area contributed by atoms with Crippen molar-refractivity contribution in [2.24, 2.45) is 0 Å². The fraction of sp³-hybridized carbons (Fsp3) is 0. The number of benzene rings is 6. The van der Waals surface area contributed by atoms with Gasteiger partial charge in [0.1, 0.15) is 22.3 Å². The third-order valence-corrected chi connectivity index (χ3v) is 9.37. The van der Waals surface area contributed by atoms with Gasteiger partial charge in [-0.25, -0.2) is 9.97 Å². The van der Waals surface area contributed by atoms with Gasteiger partial charge in [0.2, 0.25) is 0 Å². The van der Waals surface area contributed by atoms with Crippen LogP contribution in [-0.4, -0.2) is 15.0 Å². The summed E-state index contributed by atoms with van der Waals surface area (Å²) < 4.78 is 12.9. The molecule has 10 aromatic rings. The maximum Gasteiger partial charge on any atom is 0.164 e. The molecule has 0 fully saturated rings. The van der Waals surface area contributed by atoms with Crippen molar-refractivity contribution < 1.29 is 8.83 Å². The quantitative estimate of drug-likeness (QED) is 0.187. The maximum absolute atomic E-state index is 6.70. The zero-order valence-electron chi connectivity index (χ0n) is 26.7. The van der Waals surface area contributed by atoms with Crippen LogP contribution in [-0.2, 0) is 0 Å². The summed E-state index contributed by atoms with van der Waals surface area (Å²) >= 11 is 0. The molecule has 5 heteroatoms. The summed E-state index contributed by atoms with van der Waals surface area (Å²) in [5.74, 6) is 0.594. The highest BCUT2D eigenvalue weighted by molar-refractivity contribution is 6.17. The molecule has 0 spiro atoms. The molecular formula is C45H27N3O2. The molecule has 0 saturated heterocycles. The van der Waals surface area contributed by atoms with Gasteiger partial charge in [-0.1, -0.05) is 103 Å². The molecule has 0 bridgehead atoms. The molecule has 4 heterocycles. The predicted octanol–water partition coefficient (Wildman–Crippen LogP) is 12.0. The molecule has 0 radical (unpaired) electrons. The van der Waals surface area contributed by atoms with Crippen LogP contribution in [0.3, 0.4) is 0 Å². The first-order valence-electron chi connectivity index (χ1n) is 16.6. The van der Waals surface area contributed by atoms with E-state index in [1.807, 2.05) is 72.9 Å². The highest BCUT2D eigenvalue weighted by Crippen LogP contribution is 2.43. The Kier molecular flexibility index (Phi) is 6.42. The average Bonchev–Trinajstić information content (AvgIpc) is 3.77. The lowest BCUT2D eigenvalue weighted by Crippen LogP contribution is -1.97. The van der Waals surface area contributed by atoms with Gasteiger partial charge >= 0.3 is 0 Å². The van der Waals surface area contributed by atoms with Crippen LogP contribution in [0.5, 0.6) is 0 Å². The van der Waals surface area contributed by atoms with E-state index in [1.54, 1.807) is 0 Å². The highest BCUT2D eigenvalue weighted by atomic mass is 16.3. The van der Waals surface area contributed by atoms with Crippen LogP contribution in [0.4, 0.5) is 0 Å². The lowest BCUT2D eigenvalue weighted by Gasteiger charge is -2.12. The number of hydrogen-bond donors (Lipinski definition) is 0. The van der Waals surface area contributed by atoms with Crippen LogP contribution in [0.25, 0.3) is 100 Å². The number of furan rings is 2. The molecule has 6 aromatic carbocycles. The summed E-state index contributed by atoms with van der Waals surface area (Å²) in [6.45, 7) is 0. The van der Waals surface area contributed by atoms with Gasteiger partial charge in [-0.05, 0) is 65.7 Å². The summed E-state index contributed by atoms with van der Waals surface area (Å²) in [5.41, 5.74) is 11.9. The van der Waals surface area contributed by atoms with Crippen LogP contribution in [0, 0.1) is 0 Å². The molecule has 0 unspecified atom stereocenters. The predicted molar refractivity (Wildman–Crippen MR) is 202 cm³/mol. The molecule has 0 atom stereocenters. The SMILES string of the molecule is c1ccc(-c2cc(-c3cccc(-c4ccccn4)c3)nc(-c3ccc(-c4ccc5oc6ccccc6c5c4)c4c3oc3ccccc34)n2)cc1.